The lowest BCUT2D eigenvalue weighted by Crippen LogP contribution is -2.34. The van der Waals surface area contributed by atoms with E-state index < -0.39 is 30.5 Å². The van der Waals surface area contributed by atoms with Gasteiger partial charge in [-0.05, 0) is 289 Å². The van der Waals surface area contributed by atoms with Crippen LogP contribution in [0.2, 0.25) is 0 Å². The van der Waals surface area contributed by atoms with Gasteiger partial charge >= 0.3 is 0 Å². The molecule has 5 heterocycles. The maximum atomic E-state index is 10.2. The average molecular weight is 1770 g/mol. The summed E-state index contributed by atoms with van der Waals surface area (Å²) in [5.41, 5.74) is 12.0. The fourth-order valence-corrected chi connectivity index (χ4v) is 16.7. The van der Waals surface area contributed by atoms with Gasteiger partial charge < -0.3 is 87.6 Å². The van der Waals surface area contributed by atoms with Crippen molar-refractivity contribution in [3.05, 3.63) is 323 Å². The van der Waals surface area contributed by atoms with E-state index in [2.05, 4.69) is 140 Å². The number of ether oxygens (including phenoxy) is 10. The monoisotopic (exact) mass is 1770 g/mol. The fraction of sp³-hybridized carbons (Fsp3) is 0.418. The van der Waals surface area contributed by atoms with Crippen molar-refractivity contribution in [1.29, 1.82) is 0 Å². The zero-order valence-electron chi connectivity index (χ0n) is 77.3. The number of aliphatic hydroxyl groups excluding tert-OH is 5. The Kier molecular flexibility index (Phi) is 43.6. The van der Waals surface area contributed by atoms with Crippen molar-refractivity contribution in [2.75, 3.05) is 167 Å². The standard InChI is InChI=1S/3C22H29NO3.2C22H27NO3/c5*1-25-21-9-6-7-18(15-21)11-12-19-8-2-3-10-22(19)26-17-20(24)16-23-13-4-5-14-23/h3*2-3,6-10,15,20,24H,4-5,11-14,16-17H2,1H3;2*2-10,15,20,24H,11-14,16-17H2,1H3. The molecule has 0 spiro atoms. The van der Waals surface area contributed by atoms with E-state index in [4.69, 9.17) is 47.4 Å². The Hall–Kier alpha value is -10.7. The van der Waals surface area contributed by atoms with Crippen molar-refractivity contribution in [2.24, 2.45) is 0 Å². The molecule has 15 rings (SSSR count). The molecule has 0 bridgehead atoms. The van der Waals surface area contributed by atoms with Crippen LogP contribution in [0.4, 0.5) is 0 Å². The maximum absolute atomic E-state index is 10.2. The molecule has 0 saturated carbocycles. The van der Waals surface area contributed by atoms with E-state index in [1.807, 2.05) is 152 Å². The van der Waals surface area contributed by atoms with Crippen LogP contribution in [-0.4, -0.2) is 247 Å². The number of hydrogen-bond donors (Lipinski definition) is 5. The Morgan fingerprint density at radius 1 is 0.223 bits per heavy atom. The topological polar surface area (TPSA) is 210 Å². The molecule has 0 radical (unpaired) electrons. The highest BCUT2D eigenvalue weighted by Gasteiger charge is 2.23. The Bertz CT molecular complexity index is 4240. The molecule has 5 aliphatic rings. The number of benzene rings is 10. The third-order valence-electron chi connectivity index (χ3n) is 23.8. The van der Waals surface area contributed by atoms with Gasteiger partial charge in [-0.3, -0.25) is 9.80 Å². The van der Waals surface area contributed by atoms with Crippen LogP contribution in [0, 0.1) is 0 Å². The van der Waals surface area contributed by atoms with Gasteiger partial charge in [0, 0.05) is 58.9 Å². The van der Waals surface area contributed by atoms with Crippen LogP contribution in [0.25, 0.3) is 0 Å². The second-order valence-corrected chi connectivity index (χ2v) is 34.0. The van der Waals surface area contributed by atoms with Gasteiger partial charge in [0.1, 0.15) is 121 Å². The smallest absolute Gasteiger partial charge is 0.122 e. The van der Waals surface area contributed by atoms with Crippen LogP contribution in [0.15, 0.2) is 267 Å². The molecule has 20 heteroatoms. The lowest BCUT2D eigenvalue weighted by molar-refractivity contribution is 0.0754. The zero-order valence-corrected chi connectivity index (χ0v) is 77.3. The second-order valence-electron chi connectivity index (χ2n) is 34.0. The van der Waals surface area contributed by atoms with E-state index >= 15 is 0 Å². The summed E-state index contributed by atoms with van der Waals surface area (Å²) in [7, 11) is 8.44. The number of para-hydroxylation sites is 5. The molecule has 130 heavy (non-hydrogen) atoms. The Morgan fingerprint density at radius 3 is 0.600 bits per heavy atom. The van der Waals surface area contributed by atoms with Gasteiger partial charge in [-0.15, -0.1) is 0 Å². The summed E-state index contributed by atoms with van der Waals surface area (Å²) in [5.74, 6) is 8.75. The molecule has 10 aromatic carbocycles. The third kappa shape index (κ3) is 36.2. The van der Waals surface area contributed by atoms with Crippen LogP contribution >= 0.6 is 0 Å². The van der Waals surface area contributed by atoms with Gasteiger partial charge in [0.25, 0.3) is 0 Å². The van der Waals surface area contributed by atoms with Gasteiger partial charge in [-0.2, -0.15) is 0 Å². The molecular formula is C110H141N5O15. The van der Waals surface area contributed by atoms with Gasteiger partial charge in [0.2, 0.25) is 0 Å². The summed E-state index contributed by atoms with van der Waals surface area (Å²) in [5, 5.41) is 51.2. The minimum Gasteiger partial charge on any atom is -0.497 e. The number of aliphatic hydroxyl groups is 5. The molecule has 20 nitrogen and oxygen atoms in total. The molecule has 696 valence electrons. The van der Waals surface area contributed by atoms with E-state index in [0.717, 1.165) is 198 Å². The van der Waals surface area contributed by atoms with Crippen LogP contribution in [0.3, 0.4) is 0 Å². The molecule has 5 N–H and O–H groups in total. The first-order valence-corrected chi connectivity index (χ1v) is 46.7. The first kappa shape index (κ1) is 99.8. The Morgan fingerprint density at radius 2 is 0.408 bits per heavy atom. The van der Waals surface area contributed by atoms with Crippen LogP contribution in [-0.2, 0) is 64.2 Å². The van der Waals surface area contributed by atoms with E-state index in [1.54, 1.807) is 35.5 Å². The molecule has 0 amide bonds. The number of rotatable bonds is 45. The quantitative estimate of drug-likeness (QED) is 0.0225. The van der Waals surface area contributed by atoms with Gasteiger partial charge in [0.05, 0.1) is 35.5 Å². The van der Waals surface area contributed by atoms with Crippen molar-refractivity contribution in [2.45, 2.75) is 133 Å². The van der Waals surface area contributed by atoms with Crippen molar-refractivity contribution < 1.29 is 72.9 Å². The average Bonchev–Trinajstić information content (AvgIpc) is 1.10. The molecule has 5 unspecified atom stereocenters. The highest BCUT2D eigenvalue weighted by molar-refractivity contribution is 5.41. The normalized spacial score (nSPS) is 15.5. The molecule has 10 aromatic rings. The minimum absolute atomic E-state index is 0.312. The van der Waals surface area contributed by atoms with Crippen molar-refractivity contribution in [1.82, 2.24) is 24.5 Å². The second kappa shape index (κ2) is 56.8. The summed E-state index contributed by atoms with van der Waals surface area (Å²) in [6, 6.07) is 81.3. The van der Waals surface area contributed by atoms with Crippen molar-refractivity contribution in [3.8, 4) is 57.5 Å². The first-order valence-electron chi connectivity index (χ1n) is 46.7. The zero-order chi connectivity index (χ0) is 91.0. The number of likely N-dealkylation sites (tertiary alicyclic amines) is 3. The molecule has 5 atom stereocenters. The predicted octanol–water partition coefficient (Wildman–Crippen LogP) is 16.1. The van der Waals surface area contributed by atoms with E-state index in [-0.39, 0.29) is 0 Å². The third-order valence-corrected chi connectivity index (χ3v) is 23.8. The molecule has 5 aliphatic heterocycles. The van der Waals surface area contributed by atoms with E-state index in [1.165, 1.54) is 83.0 Å². The van der Waals surface area contributed by atoms with E-state index in [0.29, 0.717) is 65.8 Å². The Labute approximate surface area is 773 Å². The van der Waals surface area contributed by atoms with Crippen LogP contribution in [0.5, 0.6) is 57.5 Å². The maximum Gasteiger partial charge on any atom is 0.122 e. The van der Waals surface area contributed by atoms with Crippen molar-refractivity contribution >= 4 is 0 Å². The number of nitrogens with zero attached hydrogens (tertiary/aromatic N) is 5. The van der Waals surface area contributed by atoms with Crippen molar-refractivity contribution in [3.63, 3.8) is 0 Å². The fourth-order valence-electron chi connectivity index (χ4n) is 16.7. The van der Waals surface area contributed by atoms with Gasteiger partial charge in [-0.25, -0.2) is 0 Å². The molecule has 0 aromatic heterocycles. The molecule has 0 aliphatic carbocycles. The summed E-state index contributed by atoms with van der Waals surface area (Å²) < 4.78 is 56.1. The highest BCUT2D eigenvalue weighted by atomic mass is 16.5. The van der Waals surface area contributed by atoms with Crippen LogP contribution in [0.1, 0.15) is 94.2 Å². The first-order chi connectivity index (χ1) is 63.7. The number of hydrogen-bond acceptors (Lipinski definition) is 20. The SMILES string of the molecule is COc1cccc(CCc2ccccc2OCC(O)CN2CC=CC2)c1.COc1cccc(CCc2ccccc2OCC(O)CN2CC=CC2)c1.COc1cccc(CCc2ccccc2OCC(O)CN2CCCC2)c1.COc1cccc(CCc2ccccc2OCC(O)CN2CCCC2)c1.COc1cccc(CCc2ccccc2OCC(O)CN2CCCC2)c1. The number of β-amino-alcohol motifs (C(OH)–C–C–N with tert-alkyl or cyclic N) is 5. The molecular weight excluding hydrogens is 1630 g/mol. The largest absolute Gasteiger partial charge is 0.497 e. The number of methoxy groups -OCH3 is 5. The number of aryl methyl sites for hydroxylation is 10. The Balaban J connectivity index is 0.000000157. The molecule has 3 saturated heterocycles. The van der Waals surface area contributed by atoms with Crippen LogP contribution < -0.4 is 47.4 Å². The van der Waals surface area contributed by atoms with Gasteiger partial charge in [-0.1, -0.05) is 176 Å². The minimum atomic E-state index is -0.485. The van der Waals surface area contributed by atoms with Gasteiger partial charge in [0.15, 0.2) is 0 Å². The summed E-state index contributed by atoms with van der Waals surface area (Å²) >= 11 is 0. The lowest BCUT2D eigenvalue weighted by atomic mass is 10.0. The summed E-state index contributed by atoms with van der Waals surface area (Å²) in [4.78, 5) is 11.3. The highest BCUT2D eigenvalue weighted by Crippen LogP contribution is 2.29. The molecule has 3 fully saturated rings. The summed E-state index contributed by atoms with van der Waals surface area (Å²) in [6.07, 6.45) is 22.7. The lowest BCUT2D eigenvalue weighted by Gasteiger charge is -2.20. The summed E-state index contributed by atoms with van der Waals surface area (Å²) in [6.45, 7) is 15.2. The van der Waals surface area contributed by atoms with E-state index in [9.17, 15) is 25.5 Å². The predicted molar refractivity (Wildman–Crippen MR) is 520 cm³/mol.